The van der Waals surface area contributed by atoms with Crippen molar-refractivity contribution >= 4 is 19.1 Å². The van der Waals surface area contributed by atoms with Crippen LogP contribution < -0.4 is 10.5 Å². The van der Waals surface area contributed by atoms with E-state index in [1.807, 2.05) is 4.90 Å². The first-order valence-electron chi connectivity index (χ1n) is 9.95. The number of ether oxygens (including phenoxy) is 2. The number of carbonyl (C=O) groups is 2. The van der Waals surface area contributed by atoms with Crippen molar-refractivity contribution in [3.63, 3.8) is 0 Å². The molecule has 1 aliphatic rings. The van der Waals surface area contributed by atoms with Gasteiger partial charge in [0.25, 0.3) is 0 Å². The first-order valence-corrected chi connectivity index (χ1v) is 9.95. The minimum absolute atomic E-state index is 0.00173. The molecule has 1 heterocycles. The van der Waals surface area contributed by atoms with Crippen molar-refractivity contribution in [3.8, 4) is 11.5 Å². The second-order valence-corrected chi connectivity index (χ2v) is 7.84. The van der Waals surface area contributed by atoms with Gasteiger partial charge in [-0.25, -0.2) is 4.79 Å². The number of aryl methyl sites for hydroxylation is 1. The van der Waals surface area contributed by atoms with Crippen LogP contribution in [-0.4, -0.2) is 93.8 Å². The van der Waals surface area contributed by atoms with E-state index < -0.39 is 30.3 Å². The highest BCUT2D eigenvalue weighted by molar-refractivity contribution is 6.41. The maximum atomic E-state index is 12.1. The molecular weight excluding hydrogens is 411 g/mol. The fourth-order valence-electron chi connectivity index (χ4n) is 3.24. The number of nitrogens with two attached hydrogens (primary N) is 1. The summed E-state index contributed by atoms with van der Waals surface area (Å²) in [5, 5.41) is 46.4. The molecule has 1 atom stereocenters. The van der Waals surface area contributed by atoms with Crippen LogP contribution in [0, 0.1) is 0 Å². The molecule has 1 saturated heterocycles. The Balaban J connectivity index is 1.94. The molecule has 1 fully saturated rings. The van der Waals surface area contributed by atoms with Gasteiger partial charge in [0.1, 0.15) is 28.7 Å². The van der Waals surface area contributed by atoms with E-state index in [-0.39, 0.29) is 55.5 Å². The molecule has 0 bridgehead atoms. The third-order valence-corrected chi connectivity index (χ3v) is 4.88. The first kappa shape index (κ1) is 24.9. The van der Waals surface area contributed by atoms with Crippen LogP contribution in [0.1, 0.15) is 29.3 Å². The molecule has 0 saturated carbocycles. The summed E-state index contributed by atoms with van der Waals surface area (Å²) in [6.07, 6.45) is 0.0125. The second kappa shape index (κ2) is 10.8. The van der Waals surface area contributed by atoms with Crippen LogP contribution in [0.4, 0.5) is 0 Å². The number of benzene rings is 1. The minimum atomic E-state index is -1.57. The smallest absolute Gasteiger partial charge is 0.451 e. The van der Waals surface area contributed by atoms with Crippen LogP contribution in [0.25, 0.3) is 0 Å². The summed E-state index contributed by atoms with van der Waals surface area (Å²) in [5.41, 5.74) is 4.67. The number of aromatic hydroxyl groups is 1. The highest BCUT2D eigenvalue weighted by Crippen LogP contribution is 2.34. The number of aliphatic hydroxyl groups excluding tert-OH is 1. The van der Waals surface area contributed by atoms with Gasteiger partial charge in [-0.05, 0) is 31.3 Å². The van der Waals surface area contributed by atoms with Gasteiger partial charge in [0.2, 0.25) is 0 Å². The summed E-state index contributed by atoms with van der Waals surface area (Å²) in [6.45, 7) is 2.56. The van der Waals surface area contributed by atoms with Crippen molar-refractivity contribution in [2.75, 3.05) is 32.8 Å². The molecule has 0 aliphatic carbocycles. The van der Waals surface area contributed by atoms with E-state index in [0.29, 0.717) is 19.5 Å². The first-order chi connectivity index (χ1) is 14.5. The van der Waals surface area contributed by atoms with Crippen molar-refractivity contribution < 1.29 is 44.4 Å². The number of carboxylic acids is 1. The van der Waals surface area contributed by atoms with E-state index in [4.69, 9.17) is 30.4 Å². The standard InChI is InChI=1S/C19H29BN2O9/c1-19(21,18(27)30-8-2-7-23)11-22-9-13(10-22)31-14-4-3-12(5-6-20(28)29)16(24)15(14)17(25)26/h3-4,13,23-24,28-29H,2,5-11,21H2,1H3,(H,25,26)/t19-/m1/s1. The van der Waals surface area contributed by atoms with Crippen LogP contribution in [0.15, 0.2) is 12.1 Å². The van der Waals surface area contributed by atoms with Crippen molar-refractivity contribution in [2.45, 2.75) is 37.7 Å². The fraction of sp³-hybridized carbons (Fsp3) is 0.579. The predicted molar refractivity (Wildman–Crippen MR) is 110 cm³/mol. The van der Waals surface area contributed by atoms with Crippen molar-refractivity contribution in [2.24, 2.45) is 5.73 Å². The van der Waals surface area contributed by atoms with E-state index in [1.165, 1.54) is 12.1 Å². The van der Waals surface area contributed by atoms with E-state index in [1.54, 1.807) is 6.92 Å². The van der Waals surface area contributed by atoms with Gasteiger partial charge in [-0.15, -0.1) is 0 Å². The molecule has 0 unspecified atom stereocenters. The summed E-state index contributed by atoms with van der Waals surface area (Å²) in [5.74, 6) is -2.41. The van der Waals surface area contributed by atoms with Gasteiger partial charge in [-0.3, -0.25) is 9.69 Å². The van der Waals surface area contributed by atoms with Crippen LogP contribution in [0.3, 0.4) is 0 Å². The number of esters is 1. The Bertz CT molecular complexity index is 782. The van der Waals surface area contributed by atoms with E-state index in [0.717, 1.165) is 0 Å². The quantitative estimate of drug-likeness (QED) is 0.131. The Hall–Kier alpha value is -2.38. The van der Waals surface area contributed by atoms with Gasteiger partial charge in [0.15, 0.2) is 0 Å². The molecule has 31 heavy (non-hydrogen) atoms. The number of nitrogens with zero attached hydrogens (tertiary/aromatic N) is 1. The van der Waals surface area contributed by atoms with Crippen LogP contribution in [0.5, 0.6) is 11.5 Å². The van der Waals surface area contributed by atoms with Gasteiger partial charge in [0, 0.05) is 32.7 Å². The zero-order chi connectivity index (χ0) is 23.2. The maximum absolute atomic E-state index is 12.1. The number of hydrogen-bond acceptors (Lipinski definition) is 10. The zero-order valence-corrected chi connectivity index (χ0v) is 17.4. The third kappa shape index (κ3) is 6.81. The second-order valence-electron chi connectivity index (χ2n) is 7.84. The molecule has 1 aromatic carbocycles. The Morgan fingerprint density at radius 2 is 2.00 bits per heavy atom. The van der Waals surface area contributed by atoms with Gasteiger partial charge < -0.3 is 40.6 Å². The van der Waals surface area contributed by atoms with Gasteiger partial charge in [-0.1, -0.05) is 6.07 Å². The van der Waals surface area contributed by atoms with Crippen LogP contribution >= 0.6 is 0 Å². The number of hydrogen-bond donors (Lipinski definition) is 6. The Morgan fingerprint density at radius 1 is 1.32 bits per heavy atom. The lowest BCUT2D eigenvalue weighted by Crippen LogP contribution is -2.62. The maximum Gasteiger partial charge on any atom is 0.451 e. The molecule has 12 heteroatoms. The fourth-order valence-corrected chi connectivity index (χ4v) is 3.24. The molecule has 1 aliphatic heterocycles. The average molecular weight is 440 g/mol. The summed E-state index contributed by atoms with van der Waals surface area (Å²) in [7, 11) is -1.57. The SMILES string of the molecule is C[C@@](N)(CN1CC(Oc2ccc(CCB(O)O)c(O)c2C(=O)O)C1)C(=O)OCCCO. The van der Waals surface area contributed by atoms with Crippen molar-refractivity contribution in [1.29, 1.82) is 0 Å². The largest absolute Gasteiger partial charge is 0.507 e. The number of phenols is 1. The number of aromatic carboxylic acids is 1. The molecule has 11 nitrogen and oxygen atoms in total. The number of likely N-dealkylation sites (tertiary alicyclic amines) is 1. The monoisotopic (exact) mass is 440 g/mol. The highest BCUT2D eigenvalue weighted by Gasteiger charge is 2.38. The van der Waals surface area contributed by atoms with Gasteiger partial charge >= 0.3 is 19.1 Å². The minimum Gasteiger partial charge on any atom is -0.507 e. The lowest BCUT2D eigenvalue weighted by molar-refractivity contribution is -0.151. The number of rotatable bonds is 12. The van der Waals surface area contributed by atoms with Crippen molar-refractivity contribution in [1.82, 2.24) is 4.90 Å². The summed E-state index contributed by atoms with van der Waals surface area (Å²) in [6, 6.07) is 2.91. The van der Waals surface area contributed by atoms with Crippen LogP contribution in [0.2, 0.25) is 6.32 Å². The molecule has 0 radical (unpaired) electrons. The van der Waals surface area contributed by atoms with Gasteiger partial charge in [0.05, 0.1) is 6.61 Å². The third-order valence-electron chi connectivity index (χ3n) is 4.88. The molecule has 2 rings (SSSR count). The summed E-state index contributed by atoms with van der Waals surface area (Å²) < 4.78 is 10.8. The molecule has 7 N–H and O–H groups in total. The Morgan fingerprint density at radius 3 is 2.58 bits per heavy atom. The lowest BCUT2D eigenvalue weighted by atomic mass is 9.82. The summed E-state index contributed by atoms with van der Waals surface area (Å²) >= 11 is 0. The van der Waals surface area contributed by atoms with Crippen LogP contribution in [-0.2, 0) is 16.0 Å². The summed E-state index contributed by atoms with van der Waals surface area (Å²) in [4.78, 5) is 25.5. The topological polar surface area (TPSA) is 183 Å². The normalized spacial score (nSPS) is 16.3. The molecule has 0 spiro atoms. The lowest BCUT2D eigenvalue weighted by Gasteiger charge is -2.42. The number of aliphatic hydroxyl groups is 1. The Kier molecular flexibility index (Phi) is 8.65. The highest BCUT2D eigenvalue weighted by atomic mass is 16.5. The molecule has 0 amide bonds. The van der Waals surface area contributed by atoms with Gasteiger partial charge in [-0.2, -0.15) is 0 Å². The average Bonchev–Trinajstić information content (AvgIpc) is 2.65. The van der Waals surface area contributed by atoms with Crippen molar-refractivity contribution in [3.05, 3.63) is 23.3 Å². The molecular formula is C19H29BN2O9. The number of carboxylic acid groups (broad SMARTS) is 1. The van der Waals surface area contributed by atoms with E-state index >= 15 is 0 Å². The zero-order valence-electron chi connectivity index (χ0n) is 17.4. The molecule has 1 aromatic rings. The molecule has 0 aromatic heterocycles. The number of carbonyl (C=O) groups excluding carboxylic acids is 1. The van der Waals surface area contributed by atoms with E-state index in [2.05, 4.69) is 0 Å². The Labute approximate surface area is 180 Å². The molecule has 172 valence electrons. The van der Waals surface area contributed by atoms with E-state index in [9.17, 15) is 19.8 Å². The predicted octanol–water partition coefficient (Wildman–Crippen LogP) is -1.19.